The van der Waals surface area contributed by atoms with Gasteiger partial charge in [-0.3, -0.25) is 4.98 Å². The fourth-order valence-corrected chi connectivity index (χ4v) is 3.70. The van der Waals surface area contributed by atoms with Crippen molar-refractivity contribution in [1.29, 1.82) is 0 Å². The standard InChI is InChI=1S/C23H17F6N5O2/c1-21(26,22(35,12-34-13-31-32-33-34)18-8-5-16(24)10-19(18)25)20-9-4-15(11-30-20)14-2-6-17(7-3-14)36-23(27,28)29/h2-11,13,35H,12H2,1H3. The van der Waals surface area contributed by atoms with Crippen LogP contribution < -0.4 is 4.74 Å². The molecule has 13 heteroatoms. The molecule has 0 aliphatic heterocycles. The van der Waals surface area contributed by atoms with Crippen LogP contribution in [0.2, 0.25) is 0 Å². The number of benzene rings is 2. The van der Waals surface area contributed by atoms with Crippen LogP contribution in [0.25, 0.3) is 11.1 Å². The number of aromatic nitrogens is 5. The molecule has 4 aromatic rings. The highest BCUT2D eigenvalue weighted by Crippen LogP contribution is 2.45. The number of tetrazole rings is 1. The van der Waals surface area contributed by atoms with Gasteiger partial charge in [0.15, 0.2) is 11.3 Å². The van der Waals surface area contributed by atoms with E-state index < -0.39 is 47.1 Å². The molecule has 0 saturated heterocycles. The van der Waals surface area contributed by atoms with Crippen LogP contribution in [0.3, 0.4) is 0 Å². The highest BCUT2D eigenvalue weighted by molar-refractivity contribution is 5.63. The molecule has 0 spiro atoms. The zero-order valence-electron chi connectivity index (χ0n) is 18.4. The number of pyridine rings is 1. The minimum Gasteiger partial charge on any atom is -0.406 e. The van der Waals surface area contributed by atoms with E-state index in [0.29, 0.717) is 17.2 Å². The number of hydrogen-bond donors (Lipinski definition) is 1. The van der Waals surface area contributed by atoms with Crippen LogP contribution in [0.15, 0.2) is 67.1 Å². The molecule has 0 aliphatic rings. The second-order valence-corrected chi connectivity index (χ2v) is 8.00. The van der Waals surface area contributed by atoms with Crippen molar-refractivity contribution in [3.8, 4) is 16.9 Å². The maximum Gasteiger partial charge on any atom is 0.573 e. The number of hydrogen-bond acceptors (Lipinski definition) is 6. The quantitative estimate of drug-likeness (QED) is 0.364. The molecular formula is C23H17F6N5O2. The fourth-order valence-electron chi connectivity index (χ4n) is 3.70. The highest BCUT2D eigenvalue weighted by atomic mass is 19.4. The summed E-state index contributed by atoms with van der Waals surface area (Å²) < 4.78 is 86.5. The molecular weight excluding hydrogens is 492 g/mol. The number of nitrogens with zero attached hydrogens (tertiary/aromatic N) is 5. The third-order valence-corrected chi connectivity index (χ3v) is 5.60. The SMILES string of the molecule is CC(F)(c1ccc(-c2ccc(OC(F)(F)F)cc2)cn1)C(O)(Cn1cnnn1)c1ccc(F)cc1F. The zero-order valence-corrected chi connectivity index (χ0v) is 18.4. The number of rotatable bonds is 7. The van der Waals surface area contributed by atoms with Gasteiger partial charge in [-0.1, -0.05) is 24.3 Å². The molecule has 0 fully saturated rings. The minimum absolute atomic E-state index is 0.303. The molecule has 2 atom stereocenters. The van der Waals surface area contributed by atoms with Crippen molar-refractivity contribution in [3.05, 3.63) is 90.0 Å². The number of alkyl halides is 4. The second-order valence-electron chi connectivity index (χ2n) is 8.00. The van der Waals surface area contributed by atoms with Crippen LogP contribution in [0.5, 0.6) is 5.75 Å². The van der Waals surface area contributed by atoms with Gasteiger partial charge in [0.1, 0.15) is 23.7 Å². The first kappa shape index (κ1) is 25.1. The molecule has 0 amide bonds. The molecule has 7 nitrogen and oxygen atoms in total. The molecule has 0 aliphatic carbocycles. The molecule has 0 saturated carbocycles. The van der Waals surface area contributed by atoms with E-state index in [0.717, 1.165) is 42.2 Å². The van der Waals surface area contributed by atoms with E-state index in [1.165, 1.54) is 30.5 Å². The predicted octanol–water partition coefficient (Wildman–Crippen LogP) is 4.68. The van der Waals surface area contributed by atoms with Crippen molar-refractivity contribution in [2.45, 2.75) is 31.1 Å². The van der Waals surface area contributed by atoms with Gasteiger partial charge in [0.05, 0.1) is 12.2 Å². The van der Waals surface area contributed by atoms with Gasteiger partial charge in [0.2, 0.25) is 0 Å². The van der Waals surface area contributed by atoms with Crippen LogP contribution in [0.1, 0.15) is 18.2 Å². The Balaban J connectivity index is 1.69. The Bertz CT molecular complexity index is 1330. The van der Waals surface area contributed by atoms with Crippen molar-refractivity contribution in [2.24, 2.45) is 0 Å². The molecule has 188 valence electrons. The molecule has 2 aromatic heterocycles. The van der Waals surface area contributed by atoms with Crippen molar-refractivity contribution in [3.63, 3.8) is 0 Å². The maximum absolute atomic E-state index is 16.4. The average molecular weight is 509 g/mol. The van der Waals surface area contributed by atoms with Crippen molar-refractivity contribution < 1.29 is 36.2 Å². The molecule has 2 unspecified atom stereocenters. The van der Waals surface area contributed by atoms with E-state index in [4.69, 9.17) is 0 Å². The monoisotopic (exact) mass is 509 g/mol. The summed E-state index contributed by atoms with van der Waals surface area (Å²) in [5.74, 6) is -2.52. The summed E-state index contributed by atoms with van der Waals surface area (Å²) in [6, 6.07) is 9.91. The zero-order chi connectivity index (χ0) is 26.1. The smallest absolute Gasteiger partial charge is 0.406 e. The van der Waals surface area contributed by atoms with Gasteiger partial charge in [-0.2, -0.15) is 0 Å². The Hall–Kier alpha value is -4.00. The largest absolute Gasteiger partial charge is 0.573 e. The van der Waals surface area contributed by atoms with Crippen molar-refractivity contribution >= 4 is 0 Å². The molecule has 0 bridgehead atoms. The van der Waals surface area contributed by atoms with Crippen LogP contribution in [0.4, 0.5) is 26.3 Å². The summed E-state index contributed by atoms with van der Waals surface area (Å²) in [4.78, 5) is 4.07. The summed E-state index contributed by atoms with van der Waals surface area (Å²) in [5.41, 5.74) is -5.35. The summed E-state index contributed by atoms with van der Waals surface area (Å²) in [5, 5.41) is 22.0. The Morgan fingerprint density at radius 1 is 0.944 bits per heavy atom. The lowest BCUT2D eigenvalue weighted by molar-refractivity contribution is -0.274. The Kier molecular flexibility index (Phi) is 6.43. The summed E-state index contributed by atoms with van der Waals surface area (Å²) in [6.07, 6.45) is -2.50. The van der Waals surface area contributed by atoms with Gasteiger partial charge >= 0.3 is 6.36 Å². The van der Waals surface area contributed by atoms with E-state index in [-0.39, 0.29) is 5.69 Å². The fraction of sp³-hybridized carbons (Fsp3) is 0.217. The number of halogens is 6. The van der Waals surface area contributed by atoms with E-state index in [1.807, 2.05) is 0 Å². The van der Waals surface area contributed by atoms with Gasteiger partial charge in [0.25, 0.3) is 0 Å². The topological polar surface area (TPSA) is 86.0 Å². The first-order valence-corrected chi connectivity index (χ1v) is 10.3. The Labute approximate surface area is 200 Å². The van der Waals surface area contributed by atoms with Crippen LogP contribution >= 0.6 is 0 Å². The van der Waals surface area contributed by atoms with Crippen molar-refractivity contribution in [2.75, 3.05) is 0 Å². The lowest BCUT2D eigenvalue weighted by atomic mass is 9.77. The van der Waals surface area contributed by atoms with Gasteiger partial charge in [-0.05, 0) is 47.2 Å². The summed E-state index contributed by atoms with van der Waals surface area (Å²) >= 11 is 0. The van der Waals surface area contributed by atoms with Gasteiger partial charge in [-0.15, -0.1) is 18.3 Å². The molecule has 4 rings (SSSR count). The lowest BCUT2D eigenvalue weighted by Crippen LogP contribution is -2.48. The number of aliphatic hydroxyl groups is 1. The Morgan fingerprint density at radius 2 is 1.64 bits per heavy atom. The average Bonchev–Trinajstić information content (AvgIpc) is 3.31. The van der Waals surface area contributed by atoms with E-state index >= 15 is 4.39 Å². The molecule has 2 heterocycles. The van der Waals surface area contributed by atoms with Crippen LogP contribution in [-0.2, 0) is 17.8 Å². The van der Waals surface area contributed by atoms with Gasteiger partial charge < -0.3 is 9.84 Å². The highest BCUT2D eigenvalue weighted by Gasteiger charge is 2.53. The lowest BCUT2D eigenvalue weighted by Gasteiger charge is -2.39. The molecule has 0 radical (unpaired) electrons. The van der Waals surface area contributed by atoms with E-state index in [1.54, 1.807) is 0 Å². The number of ether oxygens (including phenoxy) is 1. The molecule has 1 N–H and O–H groups in total. The normalized spacial score (nSPS) is 15.2. The summed E-state index contributed by atoms with van der Waals surface area (Å²) in [7, 11) is 0. The second kappa shape index (κ2) is 9.22. The predicted molar refractivity (Wildman–Crippen MR) is 113 cm³/mol. The van der Waals surface area contributed by atoms with Crippen molar-refractivity contribution in [1.82, 2.24) is 25.2 Å². The third kappa shape index (κ3) is 5.00. The first-order chi connectivity index (χ1) is 16.9. The molecule has 2 aromatic carbocycles. The molecule has 36 heavy (non-hydrogen) atoms. The van der Waals surface area contributed by atoms with Crippen LogP contribution in [-0.4, -0.2) is 36.7 Å². The maximum atomic E-state index is 16.4. The van der Waals surface area contributed by atoms with Gasteiger partial charge in [-0.25, -0.2) is 17.9 Å². The third-order valence-electron chi connectivity index (χ3n) is 5.60. The minimum atomic E-state index is -4.83. The first-order valence-electron chi connectivity index (χ1n) is 10.3. The van der Waals surface area contributed by atoms with Gasteiger partial charge in [0, 0.05) is 23.4 Å². The van der Waals surface area contributed by atoms with E-state index in [2.05, 4.69) is 25.2 Å². The summed E-state index contributed by atoms with van der Waals surface area (Å²) in [6.45, 7) is 0.338. The van der Waals surface area contributed by atoms with Crippen LogP contribution in [0, 0.1) is 11.6 Å². The van der Waals surface area contributed by atoms with E-state index in [9.17, 15) is 27.1 Å². The Morgan fingerprint density at radius 3 is 2.19 bits per heavy atom.